The molecule has 0 spiro atoms. The van der Waals surface area contributed by atoms with Gasteiger partial charge in [-0.3, -0.25) is 10.2 Å². The van der Waals surface area contributed by atoms with Gasteiger partial charge in [0.25, 0.3) is 5.91 Å². The minimum atomic E-state index is -0.365. The third-order valence-electron chi connectivity index (χ3n) is 3.67. The lowest BCUT2D eigenvalue weighted by atomic mass is 10.0. The third kappa shape index (κ3) is 3.11. The van der Waals surface area contributed by atoms with Crippen molar-refractivity contribution >= 4 is 23.0 Å². The summed E-state index contributed by atoms with van der Waals surface area (Å²) in [6.07, 6.45) is 4.34. The van der Waals surface area contributed by atoms with Gasteiger partial charge in [-0.25, -0.2) is 0 Å². The number of nitrogen functional groups attached to an aromatic ring is 1. The highest BCUT2D eigenvalue weighted by molar-refractivity contribution is 6.14. The highest BCUT2D eigenvalue weighted by atomic mass is 16.5. The molecule has 0 saturated carbocycles. The second-order valence-electron chi connectivity index (χ2n) is 5.38. The van der Waals surface area contributed by atoms with Crippen LogP contribution in [-0.2, 0) is 7.05 Å². The summed E-state index contributed by atoms with van der Waals surface area (Å²) in [6, 6.07) is 8.36. The number of nitrogens with two attached hydrogens (primary N) is 1. The van der Waals surface area contributed by atoms with Crippen molar-refractivity contribution in [1.29, 1.82) is 10.7 Å². The maximum atomic E-state index is 12.4. The zero-order valence-electron chi connectivity index (χ0n) is 13.3. The van der Waals surface area contributed by atoms with E-state index in [4.69, 9.17) is 20.9 Å². The monoisotopic (exact) mass is 334 g/mol. The number of hydrogen-bond acceptors (Lipinski definition) is 6. The topological polar surface area (TPSA) is 134 Å². The number of nitrogens with zero attached hydrogens (tertiary/aromatic N) is 3. The smallest absolute Gasteiger partial charge is 0.272 e. The largest absolute Gasteiger partial charge is 0.398 e. The summed E-state index contributed by atoms with van der Waals surface area (Å²) in [5.41, 5.74) is 8.64. The van der Waals surface area contributed by atoms with E-state index in [9.17, 15) is 4.79 Å². The first-order valence-electron chi connectivity index (χ1n) is 7.25. The minimum Gasteiger partial charge on any atom is -0.398 e. The number of nitrogens with one attached hydrogen (secondary N) is 2. The van der Waals surface area contributed by atoms with Crippen molar-refractivity contribution in [3.63, 3.8) is 0 Å². The van der Waals surface area contributed by atoms with E-state index in [-0.39, 0.29) is 11.6 Å². The third-order valence-corrected chi connectivity index (χ3v) is 3.67. The summed E-state index contributed by atoms with van der Waals surface area (Å²) >= 11 is 0. The molecule has 1 amide bonds. The molecule has 25 heavy (non-hydrogen) atoms. The Morgan fingerprint density at radius 2 is 2.24 bits per heavy atom. The molecule has 8 nitrogen and oxygen atoms in total. The molecule has 0 atom stereocenters. The molecule has 124 valence electrons. The van der Waals surface area contributed by atoms with Gasteiger partial charge in [0.2, 0.25) is 0 Å². The number of aromatic nitrogens is 2. The van der Waals surface area contributed by atoms with E-state index in [2.05, 4.69) is 10.5 Å². The predicted molar refractivity (Wildman–Crippen MR) is 91.4 cm³/mol. The molecule has 2 aromatic heterocycles. The Bertz CT molecular complexity index is 995. The summed E-state index contributed by atoms with van der Waals surface area (Å²) in [5, 5.41) is 23.4. The number of carbonyl (C=O) groups excluding carboxylic acids is 1. The molecule has 2 heterocycles. The van der Waals surface area contributed by atoms with Gasteiger partial charge in [-0.1, -0.05) is 5.16 Å². The van der Waals surface area contributed by atoms with Crippen LogP contribution >= 0.6 is 0 Å². The van der Waals surface area contributed by atoms with E-state index in [1.165, 1.54) is 18.5 Å². The van der Waals surface area contributed by atoms with Gasteiger partial charge in [-0.05, 0) is 24.3 Å². The number of anilines is 2. The maximum Gasteiger partial charge on any atom is 0.272 e. The molecule has 0 radical (unpaired) electrons. The predicted octanol–water partition coefficient (Wildman–Crippen LogP) is 2.14. The molecule has 0 bridgehead atoms. The van der Waals surface area contributed by atoms with Crippen molar-refractivity contribution in [1.82, 2.24) is 9.72 Å². The highest BCUT2D eigenvalue weighted by Crippen LogP contribution is 2.22. The molecule has 0 saturated heterocycles. The van der Waals surface area contributed by atoms with Crippen LogP contribution < -0.4 is 11.1 Å². The van der Waals surface area contributed by atoms with Crippen LogP contribution in [0.5, 0.6) is 0 Å². The molecule has 0 aliphatic rings. The van der Waals surface area contributed by atoms with Gasteiger partial charge in [0.1, 0.15) is 18.0 Å². The van der Waals surface area contributed by atoms with E-state index in [1.807, 2.05) is 6.07 Å². The van der Waals surface area contributed by atoms with Crippen molar-refractivity contribution in [3.8, 4) is 6.07 Å². The van der Waals surface area contributed by atoms with Gasteiger partial charge in [0.15, 0.2) is 0 Å². The molecule has 8 heteroatoms. The van der Waals surface area contributed by atoms with E-state index in [0.29, 0.717) is 33.8 Å². The lowest BCUT2D eigenvalue weighted by molar-refractivity contribution is 0.101. The first kappa shape index (κ1) is 16.0. The summed E-state index contributed by atoms with van der Waals surface area (Å²) < 4.78 is 6.32. The van der Waals surface area contributed by atoms with Crippen molar-refractivity contribution in [3.05, 3.63) is 65.3 Å². The van der Waals surface area contributed by atoms with Crippen LogP contribution in [0.3, 0.4) is 0 Å². The molecule has 1 aromatic carbocycles. The summed E-state index contributed by atoms with van der Waals surface area (Å²) in [7, 11) is 1.69. The Kier molecular flexibility index (Phi) is 4.05. The second kappa shape index (κ2) is 6.33. The van der Waals surface area contributed by atoms with E-state index in [1.54, 1.807) is 36.0 Å². The van der Waals surface area contributed by atoms with Crippen molar-refractivity contribution in [2.45, 2.75) is 0 Å². The molecule has 0 unspecified atom stereocenters. The average molecular weight is 334 g/mol. The fraction of sp³-hybridized carbons (Fsp3) is 0.0588. The quantitative estimate of drug-likeness (QED) is 0.496. The van der Waals surface area contributed by atoms with Gasteiger partial charge in [0, 0.05) is 30.2 Å². The summed E-state index contributed by atoms with van der Waals surface area (Å²) in [4.78, 5) is 12.4. The van der Waals surface area contributed by atoms with Gasteiger partial charge < -0.3 is 20.1 Å². The number of rotatable bonds is 4. The molecule has 3 rings (SSSR count). The van der Waals surface area contributed by atoms with Crippen LogP contribution in [-0.4, -0.2) is 21.3 Å². The van der Waals surface area contributed by atoms with E-state index in [0.717, 1.165) is 0 Å². The molecular weight excluding hydrogens is 320 g/mol. The Hall–Kier alpha value is -3.86. The SMILES string of the molecule is Cn1cc(C#N)cc1C(=O)Nc1ccc(N)c(C(=N)c2cnoc2)c1. The van der Waals surface area contributed by atoms with Crippen molar-refractivity contribution in [2.24, 2.45) is 7.05 Å². The zero-order chi connectivity index (χ0) is 18.0. The number of nitriles is 1. The van der Waals surface area contributed by atoms with Gasteiger partial charge in [-0.15, -0.1) is 0 Å². The van der Waals surface area contributed by atoms with Crippen molar-refractivity contribution in [2.75, 3.05) is 11.1 Å². The number of benzene rings is 1. The molecule has 4 N–H and O–H groups in total. The number of carbonyl (C=O) groups is 1. The normalized spacial score (nSPS) is 10.2. The Morgan fingerprint density at radius 3 is 2.88 bits per heavy atom. The van der Waals surface area contributed by atoms with Gasteiger partial charge >= 0.3 is 0 Å². The van der Waals surface area contributed by atoms with Crippen LogP contribution in [0.15, 0.2) is 47.4 Å². The fourth-order valence-corrected chi connectivity index (χ4v) is 2.38. The van der Waals surface area contributed by atoms with Crippen molar-refractivity contribution < 1.29 is 9.32 Å². The van der Waals surface area contributed by atoms with E-state index < -0.39 is 0 Å². The molecule has 0 aliphatic heterocycles. The first-order valence-corrected chi connectivity index (χ1v) is 7.25. The van der Waals surface area contributed by atoms with E-state index >= 15 is 0 Å². The van der Waals surface area contributed by atoms with Crippen LogP contribution in [0.1, 0.15) is 27.2 Å². The molecular formula is C17H14N6O2. The van der Waals surface area contributed by atoms with Crippen LogP contribution in [0, 0.1) is 16.7 Å². The standard InChI is InChI=1S/C17H14N6O2/c1-23-8-10(6-18)4-15(23)17(24)22-12-2-3-14(19)13(5-12)16(20)11-7-21-25-9-11/h2-5,7-9,20H,19H2,1H3,(H,22,24). The number of hydrogen-bond donors (Lipinski definition) is 3. The van der Waals surface area contributed by atoms with Crippen LogP contribution in [0.4, 0.5) is 11.4 Å². The summed E-state index contributed by atoms with van der Waals surface area (Å²) in [6.45, 7) is 0. The molecule has 0 fully saturated rings. The zero-order valence-corrected chi connectivity index (χ0v) is 13.3. The van der Waals surface area contributed by atoms with Crippen LogP contribution in [0.25, 0.3) is 0 Å². The summed E-state index contributed by atoms with van der Waals surface area (Å²) in [5.74, 6) is -0.365. The number of amides is 1. The Balaban J connectivity index is 1.87. The first-order chi connectivity index (χ1) is 12.0. The minimum absolute atomic E-state index is 0.139. The molecule has 0 aliphatic carbocycles. The van der Waals surface area contributed by atoms with Gasteiger partial charge in [-0.2, -0.15) is 5.26 Å². The Labute approximate surface area is 143 Å². The maximum absolute atomic E-state index is 12.4. The number of aryl methyl sites for hydroxylation is 1. The second-order valence-corrected chi connectivity index (χ2v) is 5.38. The Morgan fingerprint density at radius 1 is 1.44 bits per heavy atom. The van der Waals surface area contributed by atoms with Gasteiger partial charge in [0.05, 0.1) is 23.0 Å². The average Bonchev–Trinajstić information content (AvgIpc) is 3.25. The highest BCUT2D eigenvalue weighted by Gasteiger charge is 2.15. The van der Waals surface area contributed by atoms with Crippen LogP contribution in [0.2, 0.25) is 0 Å². The molecule has 3 aromatic rings. The lowest BCUT2D eigenvalue weighted by Gasteiger charge is -2.10. The lowest BCUT2D eigenvalue weighted by Crippen LogP contribution is -2.16. The fourth-order valence-electron chi connectivity index (χ4n) is 2.38.